The first kappa shape index (κ1) is 15.7. The Hall–Kier alpha value is -2.23. The number of alkyl halides is 3. The fraction of sp³-hybridized carbons (Fsp3) is 0.263. The topological polar surface area (TPSA) is 12.0 Å². The molecule has 120 valence electrons. The molecule has 2 aromatic rings. The maximum atomic E-state index is 12.6. The summed E-state index contributed by atoms with van der Waals surface area (Å²) < 4.78 is 37.9. The predicted octanol–water partition coefficient (Wildman–Crippen LogP) is 5.75. The van der Waals surface area contributed by atoms with Gasteiger partial charge in [-0.15, -0.1) is 0 Å². The molecule has 0 aliphatic heterocycles. The maximum Gasteiger partial charge on any atom is 0.416 e. The van der Waals surface area contributed by atoms with Gasteiger partial charge in [0.1, 0.15) is 0 Å². The van der Waals surface area contributed by atoms with Crippen LogP contribution in [-0.2, 0) is 6.18 Å². The molecule has 0 spiro atoms. The molecule has 2 aromatic carbocycles. The first-order chi connectivity index (χ1) is 11.0. The van der Waals surface area contributed by atoms with Crippen molar-refractivity contribution in [3.63, 3.8) is 0 Å². The number of nitrogens with one attached hydrogen (secondary N) is 1. The molecule has 1 atom stereocenters. The van der Waals surface area contributed by atoms with Gasteiger partial charge in [0.25, 0.3) is 0 Å². The van der Waals surface area contributed by atoms with Gasteiger partial charge in [-0.2, -0.15) is 13.2 Å². The molecule has 23 heavy (non-hydrogen) atoms. The van der Waals surface area contributed by atoms with Crippen LogP contribution in [0.25, 0.3) is 5.57 Å². The maximum absolute atomic E-state index is 12.6. The Balaban J connectivity index is 1.78. The fourth-order valence-corrected chi connectivity index (χ4v) is 2.93. The fourth-order valence-electron chi connectivity index (χ4n) is 2.93. The lowest BCUT2D eigenvalue weighted by Gasteiger charge is -2.27. The summed E-state index contributed by atoms with van der Waals surface area (Å²) in [5, 5.41) is 3.37. The summed E-state index contributed by atoms with van der Waals surface area (Å²) in [6.07, 6.45) is 1.02. The Morgan fingerprint density at radius 1 is 0.913 bits per heavy atom. The molecule has 1 aliphatic carbocycles. The normalized spacial score (nSPS) is 18.4. The zero-order chi connectivity index (χ0) is 16.3. The van der Waals surface area contributed by atoms with Crippen LogP contribution in [0.3, 0.4) is 0 Å². The minimum atomic E-state index is -4.29. The second kappa shape index (κ2) is 6.49. The van der Waals surface area contributed by atoms with Crippen LogP contribution < -0.4 is 5.32 Å². The van der Waals surface area contributed by atoms with Gasteiger partial charge in [0, 0.05) is 5.69 Å². The van der Waals surface area contributed by atoms with Crippen molar-refractivity contribution < 1.29 is 13.2 Å². The molecule has 3 rings (SSSR count). The third kappa shape index (κ3) is 3.76. The van der Waals surface area contributed by atoms with E-state index in [0.29, 0.717) is 5.69 Å². The molecular formula is C19H18F3N. The van der Waals surface area contributed by atoms with Crippen LogP contribution in [0.4, 0.5) is 18.9 Å². The molecule has 0 heterocycles. The van der Waals surface area contributed by atoms with Gasteiger partial charge in [0.2, 0.25) is 0 Å². The van der Waals surface area contributed by atoms with Crippen molar-refractivity contribution in [3.8, 4) is 0 Å². The number of anilines is 1. The largest absolute Gasteiger partial charge is 0.416 e. The molecule has 1 N–H and O–H groups in total. The Kier molecular flexibility index (Phi) is 4.42. The highest BCUT2D eigenvalue weighted by atomic mass is 19.4. The van der Waals surface area contributed by atoms with Gasteiger partial charge in [0.05, 0.1) is 11.6 Å². The van der Waals surface area contributed by atoms with Gasteiger partial charge in [-0.3, -0.25) is 0 Å². The zero-order valence-electron chi connectivity index (χ0n) is 12.6. The summed E-state index contributed by atoms with van der Waals surface area (Å²) in [6, 6.07) is 15.5. The highest BCUT2D eigenvalue weighted by Gasteiger charge is 2.30. The van der Waals surface area contributed by atoms with Crippen LogP contribution in [0.15, 0.2) is 60.7 Å². The van der Waals surface area contributed by atoms with E-state index in [1.165, 1.54) is 17.7 Å². The van der Waals surface area contributed by atoms with Crippen molar-refractivity contribution in [2.24, 2.45) is 0 Å². The smallest absolute Gasteiger partial charge is 0.378 e. The number of allylic oxidation sites excluding steroid dienone is 1. The molecule has 4 heteroatoms. The SMILES string of the molecule is FC(F)(F)c1ccc(NC2CCCC=C2c2ccccc2)cc1. The molecule has 0 radical (unpaired) electrons. The molecule has 0 saturated carbocycles. The molecule has 0 aromatic heterocycles. The van der Waals surface area contributed by atoms with Crippen LogP contribution in [0.5, 0.6) is 0 Å². The number of halogens is 3. The van der Waals surface area contributed by atoms with Gasteiger partial charge in [0.15, 0.2) is 0 Å². The summed E-state index contributed by atoms with van der Waals surface area (Å²) in [6.45, 7) is 0. The Bertz CT molecular complexity index is 672. The average molecular weight is 317 g/mol. The van der Waals surface area contributed by atoms with Gasteiger partial charge in [-0.1, -0.05) is 36.4 Å². The standard InChI is InChI=1S/C19H18F3N/c20-19(21,22)15-10-12-16(13-11-15)23-18-9-5-4-8-17(18)14-6-2-1-3-7-14/h1-3,6-8,10-13,18,23H,4-5,9H2. The van der Waals surface area contributed by atoms with E-state index in [1.54, 1.807) is 0 Å². The molecule has 1 nitrogen and oxygen atoms in total. The summed E-state index contributed by atoms with van der Waals surface area (Å²) >= 11 is 0. The quantitative estimate of drug-likeness (QED) is 0.759. The lowest BCUT2D eigenvalue weighted by atomic mass is 9.89. The first-order valence-corrected chi connectivity index (χ1v) is 7.73. The molecule has 0 amide bonds. The van der Waals surface area contributed by atoms with Gasteiger partial charge in [-0.05, 0) is 54.7 Å². The van der Waals surface area contributed by atoms with Gasteiger partial charge in [-0.25, -0.2) is 0 Å². The first-order valence-electron chi connectivity index (χ1n) is 7.73. The predicted molar refractivity (Wildman–Crippen MR) is 87.1 cm³/mol. The minimum Gasteiger partial charge on any atom is -0.378 e. The van der Waals surface area contributed by atoms with Crippen molar-refractivity contribution in [2.45, 2.75) is 31.5 Å². The van der Waals surface area contributed by atoms with Crippen molar-refractivity contribution in [3.05, 3.63) is 71.8 Å². The Morgan fingerprint density at radius 2 is 1.61 bits per heavy atom. The van der Waals surface area contributed by atoms with Crippen molar-refractivity contribution >= 4 is 11.3 Å². The molecular weight excluding hydrogens is 299 g/mol. The van der Waals surface area contributed by atoms with E-state index in [0.717, 1.165) is 37.0 Å². The van der Waals surface area contributed by atoms with E-state index in [1.807, 2.05) is 18.2 Å². The number of benzene rings is 2. The third-order valence-electron chi connectivity index (χ3n) is 4.10. The Labute approximate surface area is 133 Å². The van der Waals surface area contributed by atoms with Crippen molar-refractivity contribution in [1.29, 1.82) is 0 Å². The summed E-state index contributed by atoms with van der Waals surface area (Å²) in [5.74, 6) is 0. The third-order valence-corrected chi connectivity index (χ3v) is 4.10. The summed E-state index contributed by atoms with van der Waals surface area (Å²) in [7, 11) is 0. The van der Waals surface area contributed by atoms with E-state index in [9.17, 15) is 13.2 Å². The molecule has 0 saturated heterocycles. The average Bonchev–Trinajstić information content (AvgIpc) is 2.56. The highest BCUT2D eigenvalue weighted by Crippen LogP contribution is 2.32. The molecule has 0 bridgehead atoms. The van der Waals surface area contributed by atoms with Crippen LogP contribution in [0.1, 0.15) is 30.4 Å². The zero-order valence-corrected chi connectivity index (χ0v) is 12.6. The molecule has 1 unspecified atom stereocenters. The summed E-state index contributed by atoms with van der Waals surface area (Å²) in [4.78, 5) is 0. The van der Waals surface area contributed by atoms with Crippen LogP contribution in [0.2, 0.25) is 0 Å². The van der Waals surface area contributed by atoms with Crippen molar-refractivity contribution in [2.75, 3.05) is 5.32 Å². The number of hydrogen-bond donors (Lipinski definition) is 1. The lowest BCUT2D eigenvalue weighted by Crippen LogP contribution is -2.23. The van der Waals surface area contributed by atoms with Crippen LogP contribution in [-0.4, -0.2) is 6.04 Å². The van der Waals surface area contributed by atoms with Gasteiger partial charge >= 0.3 is 6.18 Å². The second-order valence-electron chi connectivity index (χ2n) is 5.73. The van der Waals surface area contributed by atoms with E-state index in [4.69, 9.17) is 0 Å². The summed E-state index contributed by atoms with van der Waals surface area (Å²) in [5.41, 5.74) is 2.48. The lowest BCUT2D eigenvalue weighted by molar-refractivity contribution is -0.137. The second-order valence-corrected chi connectivity index (χ2v) is 5.73. The monoisotopic (exact) mass is 317 g/mol. The van der Waals surface area contributed by atoms with Crippen LogP contribution in [0, 0.1) is 0 Å². The number of hydrogen-bond acceptors (Lipinski definition) is 1. The van der Waals surface area contributed by atoms with Gasteiger partial charge < -0.3 is 5.32 Å². The number of rotatable bonds is 3. The van der Waals surface area contributed by atoms with Crippen molar-refractivity contribution in [1.82, 2.24) is 0 Å². The molecule has 1 aliphatic rings. The highest BCUT2D eigenvalue weighted by molar-refractivity contribution is 5.73. The van der Waals surface area contributed by atoms with E-state index in [-0.39, 0.29) is 6.04 Å². The van der Waals surface area contributed by atoms with Crippen LogP contribution >= 0.6 is 0 Å². The molecule has 0 fully saturated rings. The van der Waals surface area contributed by atoms with E-state index >= 15 is 0 Å². The Morgan fingerprint density at radius 3 is 2.26 bits per heavy atom. The minimum absolute atomic E-state index is 0.128. The van der Waals surface area contributed by atoms with E-state index < -0.39 is 11.7 Å². The van der Waals surface area contributed by atoms with E-state index in [2.05, 4.69) is 23.5 Å².